The number of imide groups is 1. The minimum atomic E-state index is -0.278. The van der Waals surface area contributed by atoms with E-state index >= 15 is 0 Å². The van der Waals surface area contributed by atoms with E-state index in [1.165, 1.54) is 10.5 Å². The summed E-state index contributed by atoms with van der Waals surface area (Å²) in [7, 11) is 0. The van der Waals surface area contributed by atoms with Crippen molar-refractivity contribution in [2.24, 2.45) is 0 Å². The molecule has 2 heterocycles. The quantitative estimate of drug-likeness (QED) is 0.363. The molecule has 2 aliphatic heterocycles. The predicted octanol–water partition coefficient (Wildman–Crippen LogP) is 3.42. The fraction of sp³-hybridized carbons (Fsp3) is 0.300. The number of hydrogen-bond donors (Lipinski definition) is 1. The molecule has 0 atom stereocenters. The summed E-state index contributed by atoms with van der Waals surface area (Å²) in [6.45, 7) is 7.01. The van der Waals surface area contributed by atoms with E-state index in [-0.39, 0.29) is 24.3 Å². The Balaban J connectivity index is 1.02. The fourth-order valence-corrected chi connectivity index (χ4v) is 4.95. The molecule has 0 bridgehead atoms. The Hall–Kier alpha value is -3.81. The molecule has 0 spiro atoms. The first kappa shape index (κ1) is 24.9. The number of amides is 3. The van der Waals surface area contributed by atoms with Gasteiger partial charge in [0, 0.05) is 44.8 Å². The molecule has 0 unspecified atom stereocenters. The minimum absolute atomic E-state index is 0.111. The van der Waals surface area contributed by atoms with Crippen molar-refractivity contribution in [3.63, 3.8) is 0 Å². The highest BCUT2D eigenvalue weighted by Gasteiger charge is 2.34. The maximum atomic E-state index is 12.6. The molecule has 3 aromatic carbocycles. The van der Waals surface area contributed by atoms with Crippen LogP contribution >= 0.6 is 0 Å². The molecular formula is C30H32N4O3. The third-order valence-electron chi connectivity index (χ3n) is 7.09. The standard InChI is InChI=1S/C30H32N4O3/c35-28(31-15-6-16-32-17-19-33(20-18-32)21-23-7-2-1-3-8-23)25-13-11-24(12-14-25)22-34-29(36)26-9-4-5-10-27(26)30(34)37/h1-5,7-14H,6,15-22H2,(H,31,35). The van der Waals surface area contributed by atoms with E-state index in [0.717, 1.165) is 51.3 Å². The summed E-state index contributed by atoms with van der Waals surface area (Å²) in [6, 6.07) is 24.5. The van der Waals surface area contributed by atoms with Gasteiger partial charge in [-0.1, -0.05) is 54.6 Å². The molecule has 3 amide bonds. The van der Waals surface area contributed by atoms with E-state index in [0.29, 0.717) is 23.2 Å². The molecule has 1 saturated heterocycles. The molecule has 3 aromatic rings. The van der Waals surface area contributed by atoms with Crippen LogP contribution in [0.25, 0.3) is 0 Å². The van der Waals surface area contributed by atoms with Crippen LogP contribution in [0.15, 0.2) is 78.9 Å². The monoisotopic (exact) mass is 496 g/mol. The third-order valence-corrected chi connectivity index (χ3v) is 7.09. The van der Waals surface area contributed by atoms with Gasteiger partial charge in [-0.3, -0.25) is 24.2 Å². The molecule has 7 nitrogen and oxygen atoms in total. The molecule has 0 aliphatic carbocycles. The Labute approximate surface area is 217 Å². The van der Waals surface area contributed by atoms with Gasteiger partial charge in [0.15, 0.2) is 0 Å². The van der Waals surface area contributed by atoms with Gasteiger partial charge in [0.05, 0.1) is 17.7 Å². The lowest BCUT2D eigenvalue weighted by atomic mass is 10.1. The van der Waals surface area contributed by atoms with Gasteiger partial charge in [-0.15, -0.1) is 0 Å². The van der Waals surface area contributed by atoms with Crippen LogP contribution in [0.1, 0.15) is 48.6 Å². The summed E-state index contributed by atoms with van der Waals surface area (Å²) in [5.74, 6) is -0.667. The molecule has 0 aromatic heterocycles. The van der Waals surface area contributed by atoms with Gasteiger partial charge in [0.25, 0.3) is 17.7 Å². The van der Waals surface area contributed by atoms with Crippen LogP contribution in [0.5, 0.6) is 0 Å². The Morgan fingerprint density at radius 1 is 0.676 bits per heavy atom. The van der Waals surface area contributed by atoms with Crippen molar-refractivity contribution in [2.75, 3.05) is 39.3 Å². The van der Waals surface area contributed by atoms with Crippen LogP contribution in [0.3, 0.4) is 0 Å². The lowest BCUT2D eigenvalue weighted by Crippen LogP contribution is -2.46. The summed E-state index contributed by atoms with van der Waals surface area (Å²) >= 11 is 0. The number of carbonyl (C=O) groups excluding carboxylic acids is 3. The first-order chi connectivity index (χ1) is 18.1. The second kappa shape index (κ2) is 11.5. The predicted molar refractivity (Wildman–Crippen MR) is 142 cm³/mol. The lowest BCUT2D eigenvalue weighted by molar-refractivity contribution is 0.0641. The van der Waals surface area contributed by atoms with Gasteiger partial charge in [-0.25, -0.2) is 0 Å². The van der Waals surface area contributed by atoms with Gasteiger partial charge in [-0.05, 0) is 48.4 Å². The zero-order chi connectivity index (χ0) is 25.6. The zero-order valence-corrected chi connectivity index (χ0v) is 20.9. The van der Waals surface area contributed by atoms with E-state index in [1.807, 2.05) is 0 Å². The van der Waals surface area contributed by atoms with Crippen LogP contribution < -0.4 is 5.32 Å². The van der Waals surface area contributed by atoms with E-state index in [2.05, 4.69) is 45.4 Å². The van der Waals surface area contributed by atoms with Gasteiger partial charge in [0.1, 0.15) is 0 Å². The Bertz CT molecular complexity index is 1220. The van der Waals surface area contributed by atoms with Crippen LogP contribution in [0.2, 0.25) is 0 Å². The summed E-state index contributed by atoms with van der Waals surface area (Å²) in [5, 5.41) is 3.00. The SMILES string of the molecule is O=C(NCCCN1CCN(Cc2ccccc2)CC1)c1ccc(CN2C(=O)c3ccccc3C2=O)cc1. The summed E-state index contributed by atoms with van der Waals surface area (Å²) in [4.78, 5) is 43.9. The van der Waals surface area contributed by atoms with Crippen molar-refractivity contribution in [3.8, 4) is 0 Å². The summed E-state index contributed by atoms with van der Waals surface area (Å²) in [5.41, 5.74) is 3.61. The largest absolute Gasteiger partial charge is 0.352 e. The summed E-state index contributed by atoms with van der Waals surface area (Å²) in [6.07, 6.45) is 0.905. The number of carbonyl (C=O) groups is 3. The third kappa shape index (κ3) is 5.96. The minimum Gasteiger partial charge on any atom is -0.352 e. The molecule has 37 heavy (non-hydrogen) atoms. The van der Waals surface area contributed by atoms with Gasteiger partial charge in [0.2, 0.25) is 0 Å². The van der Waals surface area contributed by atoms with Crippen molar-refractivity contribution in [1.82, 2.24) is 20.0 Å². The maximum absolute atomic E-state index is 12.6. The molecule has 1 N–H and O–H groups in total. The van der Waals surface area contributed by atoms with E-state index < -0.39 is 0 Å². The lowest BCUT2D eigenvalue weighted by Gasteiger charge is -2.34. The number of nitrogens with zero attached hydrogens (tertiary/aromatic N) is 3. The number of benzene rings is 3. The van der Waals surface area contributed by atoms with Crippen molar-refractivity contribution in [3.05, 3.63) is 107 Å². The Morgan fingerprint density at radius 3 is 1.89 bits per heavy atom. The van der Waals surface area contributed by atoms with Gasteiger partial charge < -0.3 is 10.2 Å². The number of hydrogen-bond acceptors (Lipinski definition) is 5. The average Bonchev–Trinajstić information content (AvgIpc) is 3.18. The molecule has 7 heteroatoms. The van der Waals surface area contributed by atoms with Crippen LogP contribution in [0, 0.1) is 0 Å². The highest BCUT2D eigenvalue weighted by Crippen LogP contribution is 2.24. The van der Waals surface area contributed by atoms with E-state index in [9.17, 15) is 14.4 Å². The molecule has 190 valence electrons. The van der Waals surface area contributed by atoms with Crippen LogP contribution in [0.4, 0.5) is 0 Å². The van der Waals surface area contributed by atoms with Gasteiger partial charge >= 0.3 is 0 Å². The normalized spacial score (nSPS) is 16.2. The first-order valence-electron chi connectivity index (χ1n) is 12.9. The second-order valence-corrected chi connectivity index (χ2v) is 9.65. The Morgan fingerprint density at radius 2 is 1.24 bits per heavy atom. The van der Waals surface area contributed by atoms with Crippen molar-refractivity contribution in [1.29, 1.82) is 0 Å². The van der Waals surface area contributed by atoms with Crippen molar-refractivity contribution < 1.29 is 14.4 Å². The molecule has 2 aliphatic rings. The van der Waals surface area contributed by atoms with Crippen LogP contribution in [-0.2, 0) is 13.1 Å². The fourth-order valence-electron chi connectivity index (χ4n) is 4.95. The zero-order valence-electron chi connectivity index (χ0n) is 20.9. The molecule has 0 saturated carbocycles. The van der Waals surface area contributed by atoms with E-state index in [1.54, 1.807) is 48.5 Å². The highest BCUT2D eigenvalue weighted by molar-refractivity contribution is 6.21. The molecule has 5 rings (SSSR count). The Kier molecular flexibility index (Phi) is 7.73. The summed E-state index contributed by atoms with van der Waals surface area (Å²) < 4.78 is 0. The molecule has 0 radical (unpaired) electrons. The average molecular weight is 497 g/mol. The number of nitrogens with one attached hydrogen (secondary N) is 1. The topological polar surface area (TPSA) is 73.0 Å². The molecule has 1 fully saturated rings. The number of fused-ring (bicyclic) bond motifs is 1. The van der Waals surface area contributed by atoms with Crippen molar-refractivity contribution >= 4 is 17.7 Å². The maximum Gasteiger partial charge on any atom is 0.261 e. The second-order valence-electron chi connectivity index (χ2n) is 9.65. The van der Waals surface area contributed by atoms with Crippen LogP contribution in [-0.4, -0.2) is 71.7 Å². The number of rotatable bonds is 9. The molecular weight excluding hydrogens is 464 g/mol. The smallest absolute Gasteiger partial charge is 0.261 e. The highest BCUT2D eigenvalue weighted by atomic mass is 16.2. The number of piperazine rings is 1. The van der Waals surface area contributed by atoms with Gasteiger partial charge in [-0.2, -0.15) is 0 Å². The van der Waals surface area contributed by atoms with E-state index in [4.69, 9.17) is 0 Å². The van der Waals surface area contributed by atoms with Crippen molar-refractivity contribution in [2.45, 2.75) is 19.5 Å². The first-order valence-corrected chi connectivity index (χ1v) is 12.9.